The van der Waals surface area contributed by atoms with Crippen LogP contribution in [0.2, 0.25) is 0 Å². The summed E-state index contributed by atoms with van der Waals surface area (Å²) >= 11 is 0. The molecule has 13 heavy (non-hydrogen) atoms. The Bertz CT molecular complexity index is 295. The number of nitrogens with zero attached hydrogens (tertiary/aromatic N) is 1. The quantitative estimate of drug-likeness (QED) is 0.762. The summed E-state index contributed by atoms with van der Waals surface area (Å²) in [5.74, 6) is 0.763. The van der Waals surface area contributed by atoms with Gasteiger partial charge in [-0.05, 0) is 25.1 Å². The van der Waals surface area contributed by atoms with Crippen molar-refractivity contribution in [2.24, 2.45) is 5.73 Å². The van der Waals surface area contributed by atoms with E-state index < -0.39 is 0 Å². The number of methoxy groups -OCH3 is 1. The molecule has 0 aliphatic rings. The zero-order valence-corrected chi connectivity index (χ0v) is 7.90. The van der Waals surface area contributed by atoms with Gasteiger partial charge in [0.25, 0.3) is 0 Å². The highest BCUT2D eigenvalue weighted by atomic mass is 16.5. The molecule has 0 amide bonds. The number of pyridine rings is 1. The number of nitrogens with two attached hydrogens (primary N) is 1. The van der Waals surface area contributed by atoms with Crippen molar-refractivity contribution in [1.82, 2.24) is 4.98 Å². The molecule has 1 rings (SSSR count). The van der Waals surface area contributed by atoms with Crippen LogP contribution in [0.1, 0.15) is 12.6 Å². The van der Waals surface area contributed by atoms with Crippen molar-refractivity contribution in [2.75, 3.05) is 7.11 Å². The fourth-order valence-electron chi connectivity index (χ4n) is 0.943. The van der Waals surface area contributed by atoms with Gasteiger partial charge in [-0.2, -0.15) is 0 Å². The lowest BCUT2D eigenvalue weighted by atomic mass is 10.2. The molecule has 0 fully saturated rings. The molecular weight excluding hydrogens is 164 g/mol. The van der Waals surface area contributed by atoms with Gasteiger partial charge in [0.2, 0.25) is 0 Å². The molecule has 2 N–H and O–H groups in total. The van der Waals surface area contributed by atoms with Crippen LogP contribution in [0.3, 0.4) is 0 Å². The van der Waals surface area contributed by atoms with Crippen LogP contribution in [-0.2, 0) is 0 Å². The first-order valence-corrected chi connectivity index (χ1v) is 4.17. The summed E-state index contributed by atoms with van der Waals surface area (Å²) in [5.41, 5.74) is 6.38. The summed E-state index contributed by atoms with van der Waals surface area (Å²) in [6.07, 6.45) is 5.47. The fourth-order valence-corrected chi connectivity index (χ4v) is 0.943. The zero-order valence-electron chi connectivity index (χ0n) is 7.90. The largest absolute Gasteiger partial charge is 0.494 e. The predicted octanol–water partition coefficient (Wildman–Crippen LogP) is 1.45. The second-order valence-corrected chi connectivity index (χ2v) is 2.81. The molecule has 1 heterocycles. The highest BCUT2D eigenvalue weighted by Crippen LogP contribution is 2.15. The fraction of sp³-hybridized carbons (Fsp3) is 0.300. The molecule has 1 unspecified atom stereocenters. The number of hydrogen-bond donors (Lipinski definition) is 1. The first-order valence-electron chi connectivity index (χ1n) is 4.17. The van der Waals surface area contributed by atoms with Crippen LogP contribution in [0.15, 0.2) is 24.4 Å². The van der Waals surface area contributed by atoms with Crippen molar-refractivity contribution in [1.29, 1.82) is 0 Å². The first-order chi connectivity index (χ1) is 6.24. The number of ether oxygens (including phenoxy) is 1. The van der Waals surface area contributed by atoms with Crippen LogP contribution < -0.4 is 10.5 Å². The van der Waals surface area contributed by atoms with E-state index in [1.165, 1.54) is 0 Å². The average Bonchev–Trinajstić information content (AvgIpc) is 2.15. The van der Waals surface area contributed by atoms with Crippen LogP contribution in [0.25, 0.3) is 6.08 Å². The summed E-state index contributed by atoms with van der Waals surface area (Å²) in [6, 6.07) is 3.74. The van der Waals surface area contributed by atoms with Gasteiger partial charge >= 0.3 is 0 Å². The van der Waals surface area contributed by atoms with Gasteiger partial charge in [-0.25, -0.2) is 0 Å². The number of hydrogen-bond acceptors (Lipinski definition) is 3. The molecule has 0 aromatic carbocycles. The van der Waals surface area contributed by atoms with Gasteiger partial charge in [0.1, 0.15) is 11.4 Å². The molecule has 3 heteroatoms. The topological polar surface area (TPSA) is 48.1 Å². The average molecular weight is 178 g/mol. The van der Waals surface area contributed by atoms with Gasteiger partial charge < -0.3 is 10.5 Å². The normalized spacial score (nSPS) is 13.2. The summed E-state index contributed by atoms with van der Waals surface area (Å²) < 4.78 is 5.12. The Kier molecular flexibility index (Phi) is 3.46. The standard InChI is InChI=1S/C10H14N2O/c1-8(11)5-6-9-10(13-2)4-3-7-12-9/h3-8H,11H2,1-2H3/b6-5+. The maximum Gasteiger partial charge on any atom is 0.144 e. The predicted molar refractivity (Wildman–Crippen MR) is 53.5 cm³/mol. The lowest BCUT2D eigenvalue weighted by Crippen LogP contribution is -2.10. The molecule has 3 nitrogen and oxygen atoms in total. The van der Waals surface area contributed by atoms with E-state index in [1.54, 1.807) is 13.3 Å². The molecule has 0 saturated carbocycles. The van der Waals surface area contributed by atoms with E-state index in [0.717, 1.165) is 11.4 Å². The highest BCUT2D eigenvalue weighted by molar-refractivity contribution is 5.52. The van der Waals surface area contributed by atoms with Gasteiger partial charge in [0.05, 0.1) is 7.11 Å². The minimum absolute atomic E-state index is 0.0340. The highest BCUT2D eigenvalue weighted by Gasteiger charge is 1.97. The third-order valence-electron chi connectivity index (χ3n) is 1.58. The smallest absolute Gasteiger partial charge is 0.144 e. The Morgan fingerprint density at radius 2 is 2.38 bits per heavy atom. The Labute approximate surface area is 78.2 Å². The molecule has 1 aromatic rings. The lowest BCUT2D eigenvalue weighted by Gasteiger charge is -2.02. The van der Waals surface area contributed by atoms with E-state index in [9.17, 15) is 0 Å². The molecule has 1 aromatic heterocycles. The molecule has 0 spiro atoms. The summed E-state index contributed by atoms with van der Waals surface area (Å²) in [5, 5.41) is 0. The van der Waals surface area contributed by atoms with E-state index in [2.05, 4.69) is 4.98 Å². The van der Waals surface area contributed by atoms with E-state index in [-0.39, 0.29) is 6.04 Å². The summed E-state index contributed by atoms with van der Waals surface area (Å²) in [7, 11) is 1.63. The zero-order chi connectivity index (χ0) is 9.68. The molecule has 0 bridgehead atoms. The van der Waals surface area contributed by atoms with Gasteiger partial charge in [-0.15, -0.1) is 0 Å². The van der Waals surface area contributed by atoms with Gasteiger partial charge in [-0.1, -0.05) is 6.08 Å². The minimum Gasteiger partial charge on any atom is -0.494 e. The van der Waals surface area contributed by atoms with E-state index >= 15 is 0 Å². The van der Waals surface area contributed by atoms with Crippen LogP contribution in [0.4, 0.5) is 0 Å². The van der Waals surface area contributed by atoms with Crippen molar-refractivity contribution in [3.8, 4) is 5.75 Å². The molecule has 0 radical (unpaired) electrons. The second-order valence-electron chi connectivity index (χ2n) is 2.81. The van der Waals surface area contributed by atoms with E-state index in [4.69, 9.17) is 10.5 Å². The maximum atomic E-state index is 5.58. The Balaban J connectivity index is 2.87. The molecular formula is C10H14N2O. The van der Waals surface area contributed by atoms with Crippen molar-refractivity contribution in [2.45, 2.75) is 13.0 Å². The van der Waals surface area contributed by atoms with Crippen molar-refractivity contribution < 1.29 is 4.74 Å². The van der Waals surface area contributed by atoms with Crippen LogP contribution in [0.5, 0.6) is 5.75 Å². The second kappa shape index (κ2) is 4.62. The summed E-state index contributed by atoms with van der Waals surface area (Å²) in [6.45, 7) is 1.91. The van der Waals surface area contributed by atoms with Gasteiger partial charge in [0, 0.05) is 12.2 Å². The van der Waals surface area contributed by atoms with Crippen LogP contribution >= 0.6 is 0 Å². The Morgan fingerprint density at radius 3 is 3.00 bits per heavy atom. The minimum atomic E-state index is 0.0340. The van der Waals surface area contributed by atoms with Crippen molar-refractivity contribution in [3.05, 3.63) is 30.1 Å². The van der Waals surface area contributed by atoms with E-state index in [1.807, 2.05) is 31.2 Å². The summed E-state index contributed by atoms with van der Waals surface area (Å²) in [4.78, 5) is 4.15. The molecule has 0 saturated heterocycles. The van der Waals surface area contributed by atoms with Gasteiger partial charge in [-0.3, -0.25) is 4.98 Å². The SMILES string of the molecule is COc1cccnc1/C=C/C(C)N. The Hall–Kier alpha value is -1.35. The van der Waals surface area contributed by atoms with Gasteiger partial charge in [0.15, 0.2) is 0 Å². The Morgan fingerprint density at radius 1 is 1.62 bits per heavy atom. The molecule has 1 atom stereocenters. The number of rotatable bonds is 3. The molecule has 0 aliphatic heterocycles. The van der Waals surface area contributed by atoms with Crippen molar-refractivity contribution >= 4 is 6.08 Å². The van der Waals surface area contributed by atoms with E-state index in [0.29, 0.717) is 0 Å². The van der Waals surface area contributed by atoms with Crippen molar-refractivity contribution in [3.63, 3.8) is 0 Å². The van der Waals surface area contributed by atoms with Crippen LogP contribution in [0, 0.1) is 0 Å². The maximum absolute atomic E-state index is 5.58. The third kappa shape index (κ3) is 2.87. The molecule has 70 valence electrons. The third-order valence-corrected chi connectivity index (χ3v) is 1.58. The lowest BCUT2D eigenvalue weighted by molar-refractivity contribution is 0.412. The number of aromatic nitrogens is 1. The molecule has 0 aliphatic carbocycles. The monoisotopic (exact) mass is 178 g/mol. The first kappa shape index (κ1) is 9.74. The van der Waals surface area contributed by atoms with Crippen LogP contribution in [-0.4, -0.2) is 18.1 Å².